The van der Waals surface area contributed by atoms with Crippen molar-refractivity contribution < 1.29 is 27.4 Å². The van der Waals surface area contributed by atoms with E-state index in [1.807, 2.05) is 30.2 Å². The van der Waals surface area contributed by atoms with E-state index in [2.05, 4.69) is 0 Å². The van der Waals surface area contributed by atoms with Crippen molar-refractivity contribution in [3.63, 3.8) is 0 Å². The summed E-state index contributed by atoms with van der Waals surface area (Å²) < 4.78 is 55.0. The fourth-order valence-corrected chi connectivity index (χ4v) is 2.53. The molecule has 0 amide bonds. The highest BCUT2D eigenvalue weighted by atomic mass is 19.4. The highest BCUT2D eigenvalue weighted by Crippen LogP contribution is 2.33. The number of allylic oxidation sites excluding steroid dienone is 2. The molecule has 0 fully saturated rings. The second kappa shape index (κ2) is 8.73. The van der Waals surface area contributed by atoms with Crippen LogP contribution in [0.25, 0.3) is 0 Å². The van der Waals surface area contributed by atoms with E-state index in [9.17, 15) is 13.2 Å². The van der Waals surface area contributed by atoms with Crippen molar-refractivity contribution in [3.8, 4) is 17.2 Å². The monoisotopic (exact) mass is 391 g/mol. The van der Waals surface area contributed by atoms with Crippen LogP contribution in [0.15, 0.2) is 72.6 Å². The zero-order valence-electron chi connectivity index (χ0n) is 15.3. The Labute approximate surface area is 161 Å². The first-order valence-electron chi connectivity index (χ1n) is 8.70. The van der Waals surface area contributed by atoms with Gasteiger partial charge in [-0.15, -0.1) is 0 Å². The fraction of sp³-hybridized carbons (Fsp3) is 0.238. The van der Waals surface area contributed by atoms with Gasteiger partial charge in [-0.3, -0.25) is 0 Å². The normalized spacial score (nSPS) is 13.9. The van der Waals surface area contributed by atoms with Gasteiger partial charge in [0.2, 0.25) is 0 Å². The van der Waals surface area contributed by atoms with Crippen molar-refractivity contribution in [1.82, 2.24) is 4.90 Å². The Bertz CT molecular complexity index is 845. The predicted octanol–water partition coefficient (Wildman–Crippen LogP) is 5.24. The molecule has 0 N–H and O–H groups in total. The van der Waals surface area contributed by atoms with Crippen molar-refractivity contribution in [2.24, 2.45) is 0 Å². The van der Waals surface area contributed by atoms with E-state index in [1.54, 1.807) is 24.3 Å². The molecule has 0 spiro atoms. The van der Waals surface area contributed by atoms with E-state index < -0.39 is 11.7 Å². The summed E-state index contributed by atoms with van der Waals surface area (Å²) in [6.45, 7) is 1.56. The Morgan fingerprint density at radius 1 is 0.929 bits per heavy atom. The average Bonchev–Trinajstić information content (AvgIpc) is 2.67. The summed E-state index contributed by atoms with van der Waals surface area (Å²) in [5.74, 6) is 1.95. The summed E-state index contributed by atoms with van der Waals surface area (Å²) in [4.78, 5) is 1.99. The van der Waals surface area contributed by atoms with Crippen LogP contribution in [0.4, 0.5) is 13.2 Å². The van der Waals surface area contributed by atoms with Gasteiger partial charge in [0.25, 0.3) is 0 Å². The topological polar surface area (TPSA) is 30.9 Å². The summed E-state index contributed by atoms with van der Waals surface area (Å²) >= 11 is 0. The predicted molar refractivity (Wildman–Crippen MR) is 99.3 cm³/mol. The second-order valence-electron chi connectivity index (χ2n) is 6.11. The van der Waals surface area contributed by atoms with Crippen LogP contribution >= 0.6 is 0 Å². The first kappa shape index (κ1) is 19.7. The van der Waals surface area contributed by atoms with Gasteiger partial charge in [0.1, 0.15) is 30.5 Å². The number of likely N-dealkylation sites (N-methyl/N-ethyl adjacent to an activating group) is 1. The van der Waals surface area contributed by atoms with Crippen molar-refractivity contribution in [3.05, 3.63) is 78.2 Å². The molecule has 0 radical (unpaired) electrons. The number of hydrogen-bond donors (Lipinski definition) is 0. The number of ether oxygens (including phenoxy) is 3. The van der Waals surface area contributed by atoms with E-state index in [-0.39, 0.29) is 5.75 Å². The summed E-state index contributed by atoms with van der Waals surface area (Å²) in [5, 5.41) is 0. The van der Waals surface area contributed by atoms with Gasteiger partial charge >= 0.3 is 6.18 Å². The van der Waals surface area contributed by atoms with Gasteiger partial charge in [-0.25, -0.2) is 0 Å². The first-order valence-corrected chi connectivity index (χ1v) is 8.70. The molecule has 1 aliphatic heterocycles. The molecule has 0 bridgehead atoms. The molecule has 0 aromatic heterocycles. The van der Waals surface area contributed by atoms with Crippen molar-refractivity contribution in [2.75, 3.05) is 26.8 Å². The quantitative estimate of drug-likeness (QED) is 0.605. The molecule has 28 heavy (non-hydrogen) atoms. The second-order valence-corrected chi connectivity index (χ2v) is 6.11. The lowest BCUT2D eigenvalue weighted by Gasteiger charge is -2.23. The maximum Gasteiger partial charge on any atom is 0.416 e. The molecular formula is C21H20F3NO3. The van der Waals surface area contributed by atoms with Crippen molar-refractivity contribution in [1.29, 1.82) is 0 Å². The van der Waals surface area contributed by atoms with Crippen LogP contribution in [-0.2, 0) is 10.9 Å². The zero-order chi connectivity index (χ0) is 20.0. The average molecular weight is 391 g/mol. The van der Waals surface area contributed by atoms with Crippen LogP contribution in [0.3, 0.4) is 0 Å². The molecule has 4 nitrogen and oxygen atoms in total. The molecule has 1 aliphatic rings. The highest BCUT2D eigenvalue weighted by molar-refractivity contribution is 5.37. The van der Waals surface area contributed by atoms with Crippen LogP contribution in [0, 0.1) is 0 Å². The number of halogens is 3. The first-order chi connectivity index (χ1) is 13.4. The Morgan fingerprint density at radius 3 is 2.36 bits per heavy atom. The molecular weight excluding hydrogens is 371 g/mol. The molecule has 0 unspecified atom stereocenters. The van der Waals surface area contributed by atoms with Gasteiger partial charge in [-0.2, -0.15) is 13.2 Å². The minimum Gasteiger partial charge on any atom is -0.490 e. The number of nitrogens with zero attached hydrogens (tertiary/aromatic N) is 1. The van der Waals surface area contributed by atoms with Gasteiger partial charge < -0.3 is 19.1 Å². The number of rotatable bonds is 7. The third-order valence-corrected chi connectivity index (χ3v) is 3.95. The van der Waals surface area contributed by atoms with Crippen LogP contribution < -0.4 is 9.47 Å². The molecule has 3 rings (SSSR count). The van der Waals surface area contributed by atoms with Crippen molar-refractivity contribution in [2.45, 2.75) is 6.18 Å². The summed E-state index contributed by atoms with van der Waals surface area (Å²) in [7, 11) is 1.94. The van der Waals surface area contributed by atoms with Gasteiger partial charge in [0, 0.05) is 13.6 Å². The Hall–Kier alpha value is -3.09. The molecule has 2 aromatic carbocycles. The minimum atomic E-state index is -4.40. The maximum absolute atomic E-state index is 12.8. The molecule has 148 valence electrons. The van der Waals surface area contributed by atoms with E-state index in [0.717, 1.165) is 24.6 Å². The Kier molecular flexibility index (Phi) is 6.13. The van der Waals surface area contributed by atoms with Crippen molar-refractivity contribution >= 4 is 0 Å². The SMILES string of the molecule is CN1CC=CC=C1OCCOc1ccc(Oc2cccc(C(F)(F)F)c2)cc1. The van der Waals surface area contributed by atoms with Crippen LogP contribution in [0.5, 0.6) is 17.2 Å². The standard InChI is InChI=1S/C21H20F3NO3/c1-25-12-3-2-7-20(25)27-14-13-26-17-8-10-18(11-9-17)28-19-6-4-5-16(15-19)21(22,23)24/h2-11,15H,12-14H2,1H3. The third kappa shape index (κ3) is 5.45. The number of benzene rings is 2. The Morgan fingerprint density at radius 2 is 1.64 bits per heavy atom. The van der Waals surface area contributed by atoms with E-state index in [1.165, 1.54) is 12.1 Å². The van der Waals surface area contributed by atoms with Gasteiger partial charge in [-0.1, -0.05) is 18.2 Å². The summed E-state index contributed by atoms with van der Waals surface area (Å²) in [5.41, 5.74) is -0.751. The molecule has 2 aromatic rings. The summed E-state index contributed by atoms with van der Waals surface area (Å²) in [6, 6.07) is 11.4. The van der Waals surface area contributed by atoms with Crippen LogP contribution in [0.1, 0.15) is 5.56 Å². The Balaban J connectivity index is 1.49. The summed E-state index contributed by atoms with van der Waals surface area (Å²) in [6.07, 6.45) is 1.47. The maximum atomic E-state index is 12.8. The molecule has 0 saturated carbocycles. The molecule has 1 heterocycles. The van der Waals surface area contributed by atoms with E-state index >= 15 is 0 Å². The zero-order valence-corrected chi connectivity index (χ0v) is 15.3. The van der Waals surface area contributed by atoms with Gasteiger partial charge in [-0.05, 0) is 48.5 Å². The molecule has 0 atom stereocenters. The van der Waals surface area contributed by atoms with E-state index in [4.69, 9.17) is 14.2 Å². The lowest BCUT2D eigenvalue weighted by atomic mass is 10.2. The highest BCUT2D eigenvalue weighted by Gasteiger charge is 2.30. The fourth-order valence-electron chi connectivity index (χ4n) is 2.53. The third-order valence-electron chi connectivity index (χ3n) is 3.95. The van der Waals surface area contributed by atoms with E-state index in [0.29, 0.717) is 24.7 Å². The molecule has 0 aliphatic carbocycles. The van der Waals surface area contributed by atoms with Gasteiger partial charge in [0.15, 0.2) is 5.88 Å². The van der Waals surface area contributed by atoms with Gasteiger partial charge in [0.05, 0.1) is 5.56 Å². The smallest absolute Gasteiger partial charge is 0.416 e. The number of hydrogen-bond acceptors (Lipinski definition) is 4. The lowest BCUT2D eigenvalue weighted by Crippen LogP contribution is -2.23. The lowest BCUT2D eigenvalue weighted by molar-refractivity contribution is -0.137. The molecule has 7 heteroatoms. The number of alkyl halides is 3. The van der Waals surface area contributed by atoms with Crippen LogP contribution in [0.2, 0.25) is 0 Å². The largest absolute Gasteiger partial charge is 0.490 e. The minimum absolute atomic E-state index is 0.121. The van der Waals surface area contributed by atoms with Crippen LogP contribution in [-0.4, -0.2) is 31.7 Å². The molecule has 0 saturated heterocycles.